The van der Waals surface area contributed by atoms with E-state index in [4.69, 9.17) is 11.6 Å². The summed E-state index contributed by atoms with van der Waals surface area (Å²) in [6, 6.07) is 13.8. The Morgan fingerprint density at radius 2 is 1.54 bits per heavy atom. The molecule has 1 N–H and O–H groups in total. The lowest BCUT2D eigenvalue weighted by Gasteiger charge is -2.30. The summed E-state index contributed by atoms with van der Waals surface area (Å²) in [7, 11) is -3.52. The van der Waals surface area contributed by atoms with Crippen molar-refractivity contribution in [3.63, 3.8) is 0 Å². The maximum absolute atomic E-state index is 13.2. The minimum absolute atomic E-state index is 0.0557. The number of nitrogens with zero attached hydrogens (tertiary/aromatic N) is 2. The van der Waals surface area contributed by atoms with Gasteiger partial charge in [0.05, 0.1) is 11.9 Å². The van der Waals surface area contributed by atoms with Crippen LogP contribution in [0.2, 0.25) is 5.02 Å². The van der Waals surface area contributed by atoms with Gasteiger partial charge in [0.1, 0.15) is 6.04 Å². The second-order valence-electron chi connectivity index (χ2n) is 8.95. The third kappa shape index (κ3) is 8.85. The molecule has 2 aromatic rings. The van der Waals surface area contributed by atoms with E-state index in [-0.39, 0.29) is 37.4 Å². The molecule has 0 aliphatic rings. The van der Waals surface area contributed by atoms with E-state index in [0.717, 1.165) is 23.8 Å². The molecule has 0 heterocycles. The van der Waals surface area contributed by atoms with Gasteiger partial charge in [-0.2, -0.15) is 0 Å². The average molecular weight is 522 g/mol. The molecule has 0 bridgehead atoms. The summed E-state index contributed by atoms with van der Waals surface area (Å²) in [4.78, 5) is 27.5. The number of amides is 2. The zero-order valence-corrected chi connectivity index (χ0v) is 22.7. The van der Waals surface area contributed by atoms with Gasteiger partial charge in [-0.15, -0.1) is 0 Å². The molecule has 0 aromatic heterocycles. The van der Waals surface area contributed by atoms with Crippen molar-refractivity contribution in [2.45, 2.75) is 65.6 Å². The molecule has 2 amide bonds. The summed E-state index contributed by atoms with van der Waals surface area (Å²) < 4.78 is 26.2. The Kier molecular flexibility index (Phi) is 10.6. The fourth-order valence-corrected chi connectivity index (χ4v) is 4.77. The first-order valence-electron chi connectivity index (χ1n) is 11.8. The Morgan fingerprint density at radius 1 is 0.971 bits per heavy atom. The van der Waals surface area contributed by atoms with Crippen LogP contribution >= 0.6 is 11.6 Å². The smallest absolute Gasteiger partial charge is 0.242 e. The Labute approximate surface area is 214 Å². The monoisotopic (exact) mass is 521 g/mol. The molecule has 0 unspecified atom stereocenters. The number of sulfonamides is 1. The number of hydrogen-bond acceptors (Lipinski definition) is 4. The van der Waals surface area contributed by atoms with Gasteiger partial charge < -0.3 is 10.2 Å². The van der Waals surface area contributed by atoms with Crippen LogP contribution in [0.4, 0.5) is 5.69 Å². The van der Waals surface area contributed by atoms with Crippen LogP contribution in [0.3, 0.4) is 0 Å². The first-order chi connectivity index (χ1) is 16.4. The van der Waals surface area contributed by atoms with E-state index in [1.807, 2.05) is 45.0 Å². The van der Waals surface area contributed by atoms with Crippen LogP contribution in [0.5, 0.6) is 0 Å². The standard InChI is InChI=1S/C26H36ClN3O4S/c1-6-21-11-15-24(16-12-21)30(35(5,33)34)17-7-8-25(31)29(20(4)26(32)28-19(2)3)18-22-9-13-23(27)14-10-22/h9-16,19-20H,6-8,17-18H2,1-5H3,(H,28,32)/t20-/m1/s1. The van der Waals surface area contributed by atoms with E-state index in [0.29, 0.717) is 17.1 Å². The van der Waals surface area contributed by atoms with Crippen molar-refractivity contribution in [1.82, 2.24) is 10.2 Å². The highest BCUT2D eigenvalue weighted by atomic mass is 35.5. The lowest BCUT2D eigenvalue weighted by molar-refractivity contribution is -0.140. The van der Waals surface area contributed by atoms with Crippen LogP contribution in [-0.4, -0.2) is 50.0 Å². The van der Waals surface area contributed by atoms with Crippen molar-refractivity contribution in [2.75, 3.05) is 17.1 Å². The highest BCUT2D eigenvalue weighted by molar-refractivity contribution is 7.92. The van der Waals surface area contributed by atoms with Crippen LogP contribution in [0.15, 0.2) is 48.5 Å². The van der Waals surface area contributed by atoms with Crippen LogP contribution < -0.4 is 9.62 Å². The van der Waals surface area contributed by atoms with E-state index in [1.54, 1.807) is 31.2 Å². The van der Waals surface area contributed by atoms with Crippen molar-refractivity contribution in [3.8, 4) is 0 Å². The number of aryl methyl sites for hydroxylation is 1. The molecule has 0 aliphatic carbocycles. The molecule has 9 heteroatoms. The molecule has 0 spiro atoms. The fourth-order valence-electron chi connectivity index (χ4n) is 3.68. The average Bonchev–Trinajstić information content (AvgIpc) is 2.79. The van der Waals surface area contributed by atoms with Crippen LogP contribution in [-0.2, 0) is 32.6 Å². The predicted molar refractivity (Wildman–Crippen MR) is 142 cm³/mol. The molecule has 7 nitrogen and oxygen atoms in total. The number of nitrogens with one attached hydrogen (secondary N) is 1. The largest absolute Gasteiger partial charge is 0.352 e. The molecule has 0 fully saturated rings. The summed E-state index contributed by atoms with van der Waals surface area (Å²) >= 11 is 5.98. The van der Waals surface area contributed by atoms with Gasteiger partial charge in [0.15, 0.2) is 0 Å². The molecule has 0 saturated heterocycles. The van der Waals surface area contributed by atoms with Crippen LogP contribution in [0.25, 0.3) is 0 Å². The van der Waals surface area contributed by atoms with E-state index in [9.17, 15) is 18.0 Å². The highest BCUT2D eigenvalue weighted by Gasteiger charge is 2.27. The van der Waals surface area contributed by atoms with Gasteiger partial charge in [-0.3, -0.25) is 13.9 Å². The zero-order valence-electron chi connectivity index (χ0n) is 21.1. The third-order valence-electron chi connectivity index (χ3n) is 5.65. The van der Waals surface area contributed by atoms with Crippen molar-refractivity contribution in [2.24, 2.45) is 0 Å². The summed E-state index contributed by atoms with van der Waals surface area (Å²) in [6.07, 6.45) is 2.44. The topological polar surface area (TPSA) is 86.8 Å². The number of carbonyl (C=O) groups is 2. The molecule has 35 heavy (non-hydrogen) atoms. The van der Waals surface area contributed by atoms with Gasteiger partial charge in [0, 0.05) is 30.6 Å². The number of rotatable bonds is 12. The Balaban J connectivity index is 2.15. The first-order valence-corrected chi connectivity index (χ1v) is 14.1. The number of hydrogen-bond donors (Lipinski definition) is 1. The molecule has 2 rings (SSSR count). The lowest BCUT2D eigenvalue weighted by atomic mass is 10.1. The number of anilines is 1. The van der Waals surface area contributed by atoms with E-state index in [2.05, 4.69) is 5.32 Å². The molecule has 192 valence electrons. The zero-order chi connectivity index (χ0) is 26.2. The third-order valence-corrected chi connectivity index (χ3v) is 7.10. The van der Waals surface area contributed by atoms with Crippen molar-refractivity contribution in [3.05, 3.63) is 64.7 Å². The van der Waals surface area contributed by atoms with Gasteiger partial charge in [0.25, 0.3) is 0 Å². The maximum Gasteiger partial charge on any atom is 0.242 e. The normalized spacial score (nSPS) is 12.3. The SMILES string of the molecule is CCc1ccc(N(CCCC(=O)N(Cc2ccc(Cl)cc2)[C@H](C)C(=O)NC(C)C)S(C)(=O)=O)cc1. The van der Waals surface area contributed by atoms with E-state index >= 15 is 0 Å². The predicted octanol–water partition coefficient (Wildman–Crippen LogP) is 4.39. The van der Waals surface area contributed by atoms with Crippen LogP contribution in [0.1, 0.15) is 51.7 Å². The number of halogens is 1. The Bertz CT molecular complexity index is 1090. The molecule has 0 aliphatic heterocycles. The summed E-state index contributed by atoms with van der Waals surface area (Å²) in [6.45, 7) is 7.87. The van der Waals surface area contributed by atoms with E-state index in [1.165, 1.54) is 9.21 Å². The van der Waals surface area contributed by atoms with Gasteiger partial charge in [-0.25, -0.2) is 8.42 Å². The molecule has 0 saturated carbocycles. The Morgan fingerprint density at radius 3 is 2.06 bits per heavy atom. The summed E-state index contributed by atoms with van der Waals surface area (Å²) in [5, 5.41) is 3.44. The maximum atomic E-state index is 13.2. The Hall–Kier alpha value is -2.58. The molecule has 1 atom stereocenters. The quantitative estimate of drug-likeness (QED) is 0.448. The lowest BCUT2D eigenvalue weighted by Crippen LogP contribution is -2.49. The van der Waals surface area contributed by atoms with Gasteiger partial charge >= 0.3 is 0 Å². The molecule has 0 radical (unpaired) electrons. The van der Waals surface area contributed by atoms with Gasteiger partial charge in [-0.1, -0.05) is 42.8 Å². The number of carbonyl (C=O) groups excluding carboxylic acids is 2. The highest BCUT2D eigenvalue weighted by Crippen LogP contribution is 2.20. The minimum Gasteiger partial charge on any atom is -0.352 e. The van der Waals surface area contributed by atoms with Crippen molar-refractivity contribution >= 4 is 39.1 Å². The first kappa shape index (κ1) is 28.7. The fraction of sp³-hybridized carbons (Fsp3) is 0.462. The van der Waals surface area contributed by atoms with Gasteiger partial charge in [0.2, 0.25) is 21.8 Å². The molecular weight excluding hydrogens is 486 g/mol. The van der Waals surface area contributed by atoms with E-state index < -0.39 is 16.1 Å². The van der Waals surface area contributed by atoms with Gasteiger partial charge in [-0.05, 0) is 69.0 Å². The van der Waals surface area contributed by atoms with Crippen LogP contribution in [0, 0.1) is 0 Å². The second-order valence-corrected chi connectivity index (χ2v) is 11.3. The molecule has 2 aromatic carbocycles. The second kappa shape index (κ2) is 12.9. The number of benzene rings is 2. The van der Waals surface area contributed by atoms with Crippen molar-refractivity contribution in [1.29, 1.82) is 0 Å². The summed E-state index contributed by atoms with van der Waals surface area (Å²) in [5.74, 6) is -0.461. The minimum atomic E-state index is -3.52. The molecular formula is C26H36ClN3O4S. The van der Waals surface area contributed by atoms with Crippen molar-refractivity contribution < 1.29 is 18.0 Å². The summed E-state index contributed by atoms with van der Waals surface area (Å²) in [5.41, 5.74) is 2.53.